The van der Waals surface area contributed by atoms with Gasteiger partial charge in [0.1, 0.15) is 12.7 Å². The average Bonchev–Trinajstić information content (AvgIpc) is 3.39. The maximum Gasteiger partial charge on any atom is 0.251 e. The number of anilines is 1. The number of amides is 1. The molecular weight excluding hydrogens is 328 g/mol. The Balaban J connectivity index is 1.34. The van der Waals surface area contributed by atoms with Crippen LogP contribution in [0.2, 0.25) is 0 Å². The summed E-state index contributed by atoms with van der Waals surface area (Å²) in [6.07, 6.45) is 5.68. The molecule has 1 amide bonds. The summed E-state index contributed by atoms with van der Waals surface area (Å²) < 4.78 is 1.53. The molecule has 0 spiro atoms. The average molecular weight is 348 g/mol. The van der Waals surface area contributed by atoms with Crippen LogP contribution < -0.4 is 10.2 Å². The van der Waals surface area contributed by atoms with E-state index in [0.717, 1.165) is 19.5 Å². The van der Waals surface area contributed by atoms with Crippen molar-refractivity contribution in [2.45, 2.75) is 6.42 Å². The molecular formula is C19H20N6O. The molecule has 0 radical (unpaired) electrons. The number of hydrogen-bond donors (Lipinski definition) is 1. The zero-order chi connectivity index (χ0) is 17.8. The second-order valence-electron chi connectivity index (χ2n) is 6.39. The van der Waals surface area contributed by atoms with Gasteiger partial charge in [-0.2, -0.15) is 5.10 Å². The number of pyridine rings is 1. The lowest BCUT2D eigenvalue weighted by Crippen LogP contribution is -2.31. The van der Waals surface area contributed by atoms with Gasteiger partial charge < -0.3 is 10.2 Å². The smallest absolute Gasteiger partial charge is 0.251 e. The Hall–Kier alpha value is -3.22. The summed E-state index contributed by atoms with van der Waals surface area (Å²) in [6.45, 7) is 2.66. The highest BCUT2D eigenvalue weighted by molar-refractivity contribution is 5.94. The third kappa shape index (κ3) is 3.56. The van der Waals surface area contributed by atoms with Crippen molar-refractivity contribution in [3.05, 3.63) is 66.9 Å². The monoisotopic (exact) mass is 348 g/mol. The maximum absolute atomic E-state index is 12.5. The molecule has 3 heterocycles. The Morgan fingerprint density at radius 1 is 1.23 bits per heavy atom. The first-order valence-corrected chi connectivity index (χ1v) is 8.69. The molecule has 1 aliphatic rings. The molecule has 1 atom stereocenters. The molecule has 0 unspecified atom stereocenters. The van der Waals surface area contributed by atoms with Crippen molar-refractivity contribution in [3.63, 3.8) is 0 Å². The van der Waals surface area contributed by atoms with Crippen LogP contribution in [0.25, 0.3) is 5.82 Å². The SMILES string of the molecule is O=C(NC[C@@H]1CCN(c2ccccc2)C1)c1ccnc(-n2cncn2)c1. The van der Waals surface area contributed by atoms with Crippen LogP contribution in [0.4, 0.5) is 5.69 Å². The van der Waals surface area contributed by atoms with E-state index in [0.29, 0.717) is 23.8 Å². The standard InChI is InChI=1S/C19H20N6O/c26-19(16-6-8-21-18(10-16)25-14-20-13-23-25)22-11-15-7-9-24(12-15)17-4-2-1-3-5-17/h1-6,8,10,13-15H,7,9,11-12H2,(H,22,26)/t15-/m0/s1. The molecule has 0 saturated carbocycles. The summed E-state index contributed by atoms with van der Waals surface area (Å²) in [5.74, 6) is 0.939. The summed E-state index contributed by atoms with van der Waals surface area (Å²) in [5.41, 5.74) is 1.82. The lowest BCUT2D eigenvalue weighted by molar-refractivity contribution is 0.0948. The fourth-order valence-corrected chi connectivity index (χ4v) is 3.22. The molecule has 132 valence electrons. The van der Waals surface area contributed by atoms with E-state index in [4.69, 9.17) is 0 Å². The van der Waals surface area contributed by atoms with Crippen LogP contribution in [0.15, 0.2) is 61.3 Å². The number of aromatic nitrogens is 4. The quantitative estimate of drug-likeness (QED) is 0.762. The highest BCUT2D eigenvalue weighted by Crippen LogP contribution is 2.23. The largest absolute Gasteiger partial charge is 0.371 e. The van der Waals surface area contributed by atoms with Gasteiger partial charge in [0.25, 0.3) is 5.91 Å². The third-order valence-corrected chi connectivity index (χ3v) is 4.62. The number of para-hydroxylation sites is 1. The highest BCUT2D eigenvalue weighted by Gasteiger charge is 2.23. The van der Waals surface area contributed by atoms with Crippen molar-refractivity contribution in [1.29, 1.82) is 0 Å². The fourth-order valence-electron chi connectivity index (χ4n) is 3.22. The van der Waals surface area contributed by atoms with Crippen molar-refractivity contribution in [2.24, 2.45) is 5.92 Å². The number of rotatable bonds is 5. The molecule has 7 heteroatoms. The molecule has 2 aromatic heterocycles. The number of carbonyl (C=O) groups excluding carboxylic acids is 1. The molecule has 1 aliphatic heterocycles. The molecule has 4 rings (SSSR count). The Kier molecular flexibility index (Phi) is 4.59. The van der Waals surface area contributed by atoms with Crippen LogP contribution in [0, 0.1) is 5.92 Å². The predicted molar refractivity (Wildman–Crippen MR) is 98.2 cm³/mol. The van der Waals surface area contributed by atoms with Gasteiger partial charge in [0.05, 0.1) is 0 Å². The molecule has 3 aromatic rings. The summed E-state index contributed by atoms with van der Waals surface area (Å²) in [6, 6.07) is 13.8. The minimum Gasteiger partial charge on any atom is -0.371 e. The molecule has 1 aromatic carbocycles. The fraction of sp³-hybridized carbons (Fsp3) is 0.263. The van der Waals surface area contributed by atoms with Crippen LogP contribution in [0.1, 0.15) is 16.8 Å². The van der Waals surface area contributed by atoms with Gasteiger partial charge in [0, 0.05) is 37.1 Å². The first-order valence-electron chi connectivity index (χ1n) is 8.69. The van der Waals surface area contributed by atoms with Crippen molar-refractivity contribution >= 4 is 11.6 Å². The maximum atomic E-state index is 12.5. The van der Waals surface area contributed by atoms with Gasteiger partial charge in [0.2, 0.25) is 0 Å². The van der Waals surface area contributed by atoms with E-state index >= 15 is 0 Å². The predicted octanol–water partition coefficient (Wildman–Crippen LogP) is 1.92. The number of hydrogen-bond acceptors (Lipinski definition) is 5. The number of benzene rings is 1. The molecule has 7 nitrogen and oxygen atoms in total. The molecule has 26 heavy (non-hydrogen) atoms. The van der Waals surface area contributed by atoms with Crippen molar-refractivity contribution in [3.8, 4) is 5.82 Å². The second kappa shape index (κ2) is 7.35. The molecule has 1 fully saturated rings. The Labute approximate surface area is 151 Å². The van der Waals surface area contributed by atoms with Gasteiger partial charge >= 0.3 is 0 Å². The number of carbonyl (C=O) groups is 1. The zero-order valence-corrected chi connectivity index (χ0v) is 14.3. The Morgan fingerprint density at radius 3 is 2.92 bits per heavy atom. The summed E-state index contributed by atoms with van der Waals surface area (Å²) >= 11 is 0. The van der Waals surface area contributed by atoms with Gasteiger partial charge in [-0.15, -0.1) is 0 Å². The van der Waals surface area contributed by atoms with Crippen LogP contribution >= 0.6 is 0 Å². The van der Waals surface area contributed by atoms with Crippen LogP contribution in [0.5, 0.6) is 0 Å². The first-order chi connectivity index (χ1) is 12.8. The van der Waals surface area contributed by atoms with Gasteiger partial charge in [-0.3, -0.25) is 4.79 Å². The van der Waals surface area contributed by atoms with E-state index in [1.807, 2.05) is 6.07 Å². The van der Waals surface area contributed by atoms with Crippen molar-refractivity contribution in [2.75, 3.05) is 24.5 Å². The van der Waals surface area contributed by atoms with Crippen molar-refractivity contribution in [1.82, 2.24) is 25.1 Å². The lowest BCUT2D eigenvalue weighted by Gasteiger charge is -2.18. The highest BCUT2D eigenvalue weighted by atomic mass is 16.1. The van der Waals surface area contributed by atoms with Gasteiger partial charge in [-0.25, -0.2) is 14.6 Å². The Morgan fingerprint density at radius 2 is 2.12 bits per heavy atom. The van der Waals surface area contributed by atoms with Crippen molar-refractivity contribution < 1.29 is 4.79 Å². The van der Waals surface area contributed by atoms with E-state index in [1.165, 1.54) is 16.7 Å². The summed E-state index contributed by atoms with van der Waals surface area (Å²) in [4.78, 5) is 23.0. The third-order valence-electron chi connectivity index (χ3n) is 4.62. The minimum absolute atomic E-state index is 0.0908. The number of nitrogens with one attached hydrogen (secondary N) is 1. The van der Waals surface area contributed by atoms with E-state index in [2.05, 4.69) is 49.5 Å². The van der Waals surface area contributed by atoms with Crippen LogP contribution in [-0.2, 0) is 0 Å². The summed E-state index contributed by atoms with van der Waals surface area (Å²) in [5, 5.41) is 7.09. The van der Waals surface area contributed by atoms with Crippen LogP contribution in [0.3, 0.4) is 0 Å². The minimum atomic E-state index is -0.0908. The van der Waals surface area contributed by atoms with E-state index < -0.39 is 0 Å². The van der Waals surface area contributed by atoms with E-state index in [1.54, 1.807) is 24.7 Å². The van der Waals surface area contributed by atoms with E-state index in [-0.39, 0.29) is 5.91 Å². The summed E-state index contributed by atoms with van der Waals surface area (Å²) in [7, 11) is 0. The van der Waals surface area contributed by atoms with Gasteiger partial charge in [-0.1, -0.05) is 18.2 Å². The number of nitrogens with zero attached hydrogens (tertiary/aromatic N) is 5. The van der Waals surface area contributed by atoms with E-state index in [9.17, 15) is 4.79 Å². The van der Waals surface area contributed by atoms with Gasteiger partial charge in [-0.05, 0) is 36.6 Å². The lowest BCUT2D eigenvalue weighted by atomic mass is 10.1. The topological polar surface area (TPSA) is 75.9 Å². The molecule has 1 N–H and O–H groups in total. The molecule has 1 saturated heterocycles. The van der Waals surface area contributed by atoms with Crippen LogP contribution in [-0.4, -0.2) is 45.3 Å². The second-order valence-corrected chi connectivity index (χ2v) is 6.39. The normalized spacial score (nSPS) is 16.6. The zero-order valence-electron chi connectivity index (χ0n) is 14.3. The first kappa shape index (κ1) is 16.3. The van der Waals surface area contributed by atoms with Gasteiger partial charge in [0.15, 0.2) is 5.82 Å². The molecule has 0 bridgehead atoms. The Bertz CT molecular complexity index is 865. The molecule has 0 aliphatic carbocycles.